The van der Waals surface area contributed by atoms with Gasteiger partial charge in [-0.05, 0) is 29.8 Å². The van der Waals surface area contributed by atoms with Gasteiger partial charge in [-0.25, -0.2) is 0 Å². The largest absolute Gasteiger partial charge is 0.399 e. The van der Waals surface area contributed by atoms with E-state index in [1.54, 1.807) is 36.4 Å². The second kappa shape index (κ2) is 6.51. The van der Waals surface area contributed by atoms with E-state index in [2.05, 4.69) is 4.98 Å². The van der Waals surface area contributed by atoms with Gasteiger partial charge in [0.1, 0.15) is 12.2 Å². The molecule has 0 spiro atoms. The number of amides is 2. The highest BCUT2D eigenvalue weighted by Crippen LogP contribution is 2.11. The molecular weight excluding hydrogens is 268 g/mol. The average molecular weight is 284 g/mol. The van der Waals surface area contributed by atoms with Gasteiger partial charge >= 0.3 is 0 Å². The van der Waals surface area contributed by atoms with Crippen LogP contribution >= 0.6 is 0 Å². The zero-order valence-electron chi connectivity index (χ0n) is 11.4. The third-order valence-electron chi connectivity index (χ3n) is 2.84. The van der Waals surface area contributed by atoms with E-state index in [0.29, 0.717) is 5.69 Å². The first-order chi connectivity index (χ1) is 10.1. The normalized spacial score (nSPS) is 10.1. The zero-order chi connectivity index (χ0) is 15.2. The van der Waals surface area contributed by atoms with Crippen molar-refractivity contribution < 1.29 is 9.59 Å². The third-order valence-corrected chi connectivity index (χ3v) is 2.84. The molecule has 108 valence electrons. The van der Waals surface area contributed by atoms with Crippen molar-refractivity contribution in [2.24, 2.45) is 5.73 Å². The molecule has 0 saturated heterocycles. The molecule has 0 unspecified atom stereocenters. The summed E-state index contributed by atoms with van der Waals surface area (Å²) < 4.78 is 0. The number of rotatable bonds is 5. The number of hydrogen-bond acceptors (Lipinski definition) is 4. The molecule has 2 rings (SSSR count). The first-order valence-corrected chi connectivity index (χ1v) is 6.39. The molecule has 0 aliphatic heterocycles. The summed E-state index contributed by atoms with van der Waals surface area (Å²) in [6.45, 7) is 0.0631. The van der Waals surface area contributed by atoms with Crippen molar-refractivity contribution in [3.8, 4) is 0 Å². The lowest BCUT2D eigenvalue weighted by Crippen LogP contribution is -2.38. The van der Waals surface area contributed by atoms with Crippen molar-refractivity contribution in [1.29, 1.82) is 0 Å². The molecule has 6 nitrogen and oxygen atoms in total. The SMILES string of the molecule is NC(=O)CN(Cc1cccc(N)c1)C(=O)c1ccccn1. The van der Waals surface area contributed by atoms with E-state index in [1.165, 1.54) is 11.1 Å². The lowest BCUT2D eigenvalue weighted by molar-refractivity contribution is -0.118. The van der Waals surface area contributed by atoms with Gasteiger partial charge in [0.2, 0.25) is 5.91 Å². The Morgan fingerprint density at radius 1 is 1.14 bits per heavy atom. The van der Waals surface area contributed by atoms with Crippen LogP contribution in [0.25, 0.3) is 0 Å². The Morgan fingerprint density at radius 3 is 2.57 bits per heavy atom. The van der Waals surface area contributed by atoms with Gasteiger partial charge in [-0.15, -0.1) is 0 Å². The third kappa shape index (κ3) is 4.04. The fourth-order valence-electron chi connectivity index (χ4n) is 1.95. The molecular formula is C15H16N4O2. The summed E-state index contributed by atoms with van der Waals surface area (Å²) in [6.07, 6.45) is 1.52. The van der Waals surface area contributed by atoms with Crippen molar-refractivity contribution in [2.75, 3.05) is 12.3 Å². The van der Waals surface area contributed by atoms with Crippen molar-refractivity contribution in [3.05, 3.63) is 59.9 Å². The van der Waals surface area contributed by atoms with Gasteiger partial charge in [-0.1, -0.05) is 18.2 Å². The first kappa shape index (κ1) is 14.5. The smallest absolute Gasteiger partial charge is 0.273 e. The van der Waals surface area contributed by atoms with E-state index in [1.807, 2.05) is 6.07 Å². The van der Waals surface area contributed by atoms with Crippen LogP contribution < -0.4 is 11.5 Å². The number of aromatic nitrogens is 1. The summed E-state index contributed by atoms with van der Waals surface area (Å²) in [5.41, 5.74) is 12.6. The van der Waals surface area contributed by atoms with E-state index in [0.717, 1.165) is 5.56 Å². The molecule has 0 atom stereocenters. The maximum Gasteiger partial charge on any atom is 0.273 e. The molecule has 1 aromatic heterocycles. The van der Waals surface area contributed by atoms with Crippen molar-refractivity contribution in [3.63, 3.8) is 0 Å². The molecule has 0 aliphatic rings. The minimum absolute atomic E-state index is 0.176. The molecule has 0 aliphatic carbocycles. The highest BCUT2D eigenvalue weighted by atomic mass is 16.2. The lowest BCUT2D eigenvalue weighted by atomic mass is 10.2. The zero-order valence-corrected chi connectivity index (χ0v) is 11.4. The monoisotopic (exact) mass is 284 g/mol. The van der Waals surface area contributed by atoms with Crippen LogP contribution in [0.3, 0.4) is 0 Å². The standard InChI is InChI=1S/C15H16N4O2/c16-12-5-3-4-11(8-12)9-19(10-14(17)20)15(21)13-6-1-2-7-18-13/h1-8H,9-10,16H2,(H2,17,20). The Labute approximate surface area is 122 Å². The van der Waals surface area contributed by atoms with Crippen LogP contribution in [-0.4, -0.2) is 28.2 Å². The number of hydrogen-bond donors (Lipinski definition) is 2. The summed E-state index contributed by atoms with van der Waals surface area (Å²) in [4.78, 5) is 28.9. The van der Waals surface area contributed by atoms with E-state index >= 15 is 0 Å². The van der Waals surface area contributed by atoms with Gasteiger partial charge < -0.3 is 16.4 Å². The molecule has 4 N–H and O–H groups in total. The molecule has 0 radical (unpaired) electrons. The summed E-state index contributed by atoms with van der Waals surface area (Å²) in [6, 6.07) is 12.1. The van der Waals surface area contributed by atoms with Gasteiger partial charge in [-0.2, -0.15) is 0 Å². The number of carbonyl (C=O) groups excluding carboxylic acids is 2. The van der Waals surface area contributed by atoms with Crippen LogP contribution in [0.15, 0.2) is 48.7 Å². The molecule has 1 aromatic carbocycles. The lowest BCUT2D eigenvalue weighted by Gasteiger charge is -2.21. The van der Waals surface area contributed by atoms with Crippen molar-refractivity contribution in [1.82, 2.24) is 9.88 Å². The van der Waals surface area contributed by atoms with Gasteiger partial charge in [0.15, 0.2) is 0 Å². The summed E-state index contributed by atoms with van der Waals surface area (Å²) in [7, 11) is 0. The quantitative estimate of drug-likeness (QED) is 0.792. The maximum absolute atomic E-state index is 12.4. The summed E-state index contributed by atoms with van der Waals surface area (Å²) >= 11 is 0. The molecule has 21 heavy (non-hydrogen) atoms. The minimum Gasteiger partial charge on any atom is -0.399 e. The topological polar surface area (TPSA) is 102 Å². The number of nitrogen functional groups attached to an aromatic ring is 1. The number of pyridine rings is 1. The summed E-state index contributed by atoms with van der Waals surface area (Å²) in [5, 5.41) is 0. The van der Waals surface area contributed by atoms with Gasteiger partial charge in [0, 0.05) is 18.4 Å². The molecule has 2 amide bonds. The van der Waals surface area contributed by atoms with Crippen LogP contribution in [0, 0.1) is 0 Å². The average Bonchev–Trinajstić information content (AvgIpc) is 2.46. The molecule has 2 aromatic rings. The second-order valence-corrected chi connectivity index (χ2v) is 4.59. The Balaban J connectivity index is 2.22. The maximum atomic E-state index is 12.4. The second-order valence-electron chi connectivity index (χ2n) is 4.59. The summed E-state index contributed by atoms with van der Waals surface area (Å²) in [5.74, 6) is -0.931. The Hall–Kier alpha value is -2.89. The van der Waals surface area contributed by atoms with Gasteiger partial charge in [0.05, 0.1) is 0 Å². The Bertz CT molecular complexity index is 643. The highest BCUT2D eigenvalue weighted by Gasteiger charge is 2.19. The molecule has 0 saturated carbocycles. The van der Waals surface area contributed by atoms with E-state index in [9.17, 15) is 9.59 Å². The van der Waals surface area contributed by atoms with Crippen molar-refractivity contribution in [2.45, 2.75) is 6.54 Å². The number of primary amides is 1. The fourth-order valence-corrected chi connectivity index (χ4v) is 1.95. The van der Waals surface area contributed by atoms with Crippen molar-refractivity contribution >= 4 is 17.5 Å². The Kier molecular flexibility index (Phi) is 4.50. The number of anilines is 1. The van der Waals surface area contributed by atoms with Crippen LogP contribution in [-0.2, 0) is 11.3 Å². The molecule has 1 heterocycles. The molecule has 0 fully saturated rings. The number of nitrogens with zero attached hydrogens (tertiary/aromatic N) is 2. The van der Waals surface area contributed by atoms with Crippen LogP contribution in [0.2, 0.25) is 0 Å². The predicted octanol–water partition coefficient (Wildman–Crippen LogP) is 0.791. The van der Waals surface area contributed by atoms with E-state index < -0.39 is 5.91 Å². The number of carbonyl (C=O) groups is 2. The highest BCUT2D eigenvalue weighted by molar-refractivity contribution is 5.94. The van der Waals surface area contributed by atoms with E-state index in [-0.39, 0.29) is 24.7 Å². The number of benzene rings is 1. The van der Waals surface area contributed by atoms with Crippen LogP contribution in [0.5, 0.6) is 0 Å². The van der Waals surface area contributed by atoms with Crippen LogP contribution in [0.1, 0.15) is 16.1 Å². The molecule has 6 heteroatoms. The first-order valence-electron chi connectivity index (χ1n) is 6.39. The molecule has 0 bridgehead atoms. The fraction of sp³-hybridized carbons (Fsp3) is 0.133. The van der Waals surface area contributed by atoms with Gasteiger partial charge in [-0.3, -0.25) is 14.6 Å². The van der Waals surface area contributed by atoms with E-state index in [4.69, 9.17) is 11.5 Å². The van der Waals surface area contributed by atoms with Crippen LogP contribution in [0.4, 0.5) is 5.69 Å². The number of nitrogens with two attached hydrogens (primary N) is 2. The minimum atomic E-state index is -0.580. The predicted molar refractivity (Wildman–Crippen MR) is 79.0 cm³/mol. The van der Waals surface area contributed by atoms with Gasteiger partial charge in [0.25, 0.3) is 5.91 Å². The Morgan fingerprint density at radius 2 is 1.95 bits per heavy atom.